The van der Waals surface area contributed by atoms with Gasteiger partial charge in [-0.25, -0.2) is 13.2 Å². The Bertz CT molecular complexity index is 1710. The summed E-state index contributed by atoms with van der Waals surface area (Å²) >= 11 is 0. The second-order valence-corrected chi connectivity index (χ2v) is 13.8. The maximum atomic E-state index is 13.8. The standard InChI is InChI=1S/C28H29N3O8S2/c1-19-8-11-23(12-9-19)41(35,36)37-18-22-17-31(40(33,34)24-7-5-6-20(14-24)16-29)25-15-21(10-13-26(25)38-22)30-27(32)39-28(2,3)4/h5-15,22H,17-18H2,1-4H3,(H,30,32)/t22-/m1/s1. The minimum atomic E-state index is -4.27. The van der Waals surface area contributed by atoms with E-state index in [-0.39, 0.29) is 39.0 Å². The lowest BCUT2D eigenvalue weighted by atomic mass is 10.2. The van der Waals surface area contributed by atoms with Crippen molar-refractivity contribution in [3.8, 4) is 11.8 Å². The highest BCUT2D eigenvalue weighted by atomic mass is 32.2. The van der Waals surface area contributed by atoms with E-state index in [9.17, 15) is 26.9 Å². The minimum absolute atomic E-state index is 0.0463. The lowest BCUT2D eigenvalue weighted by Crippen LogP contribution is -2.45. The molecule has 0 unspecified atom stereocenters. The zero-order valence-corrected chi connectivity index (χ0v) is 24.5. The summed E-state index contributed by atoms with van der Waals surface area (Å²) in [6.07, 6.45) is -1.75. The fraction of sp³-hybridized carbons (Fsp3) is 0.286. The second kappa shape index (κ2) is 11.4. The zero-order chi connectivity index (χ0) is 30.0. The summed E-state index contributed by atoms with van der Waals surface area (Å²) in [4.78, 5) is 12.1. The van der Waals surface area contributed by atoms with Crippen LogP contribution >= 0.6 is 0 Å². The summed E-state index contributed by atoms with van der Waals surface area (Å²) in [5, 5.41) is 11.9. The van der Waals surface area contributed by atoms with Gasteiger partial charge in [0.05, 0.1) is 33.7 Å². The van der Waals surface area contributed by atoms with Crippen molar-refractivity contribution in [2.45, 2.75) is 49.2 Å². The maximum Gasteiger partial charge on any atom is 0.412 e. The molecular formula is C28H29N3O8S2. The topological polar surface area (TPSA) is 152 Å². The van der Waals surface area contributed by atoms with Crippen LogP contribution < -0.4 is 14.4 Å². The molecule has 41 heavy (non-hydrogen) atoms. The van der Waals surface area contributed by atoms with E-state index < -0.39 is 44.5 Å². The number of carbonyl (C=O) groups excluding carboxylic acids is 1. The lowest BCUT2D eigenvalue weighted by molar-refractivity contribution is 0.0636. The van der Waals surface area contributed by atoms with Gasteiger partial charge < -0.3 is 9.47 Å². The van der Waals surface area contributed by atoms with Crippen LogP contribution in [0, 0.1) is 18.3 Å². The number of hydrogen-bond donors (Lipinski definition) is 1. The molecule has 4 rings (SSSR count). The maximum absolute atomic E-state index is 13.8. The monoisotopic (exact) mass is 599 g/mol. The van der Waals surface area contributed by atoms with Crippen LogP contribution in [0.3, 0.4) is 0 Å². The average molecular weight is 600 g/mol. The van der Waals surface area contributed by atoms with E-state index in [2.05, 4.69) is 5.32 Å². The van der Waals surface area contributed by atoms with Gasteiger partial charge in [0.1, 0.15) is 24.1 Å². The molecule has 216 valence electrons. The van der Waals surface area contributed by atoms with Crippen LogP contribution in [0.15, 0.2) is 76.5 Å². The molecule has 0 aliphatic carbocycles. The largest absolute Gasteiger partial charge is 0.484 e. The number of fused-ring (bicyclic) bond motifs is 1. The quantitative estimate of drug-likeness (QED) is 0.385. The summed E-state index contributed by atoms with van der Waals surface area (Å²) < 4.78 is 70.7. The van der Waals surface area contributed by atoms with Crippen LogP contribution in [0.1, 0.15) is 31.9 Å². The number of nitrogens with zero attached hydrogens (tertiary/aromatic N) is 2. The minimum Gasteiger partial charge on any atom is -0.484 e. The van der Waals surface area contributed by atoms with Gasteiger partial charge in [-0.2, -0.15) is 13.7 Å². The molecular weight excluding hydrogens is 570 g/mol. The molecule has 0 spiro atoms. The van der Waals surface area contributed by atoms with Gasteiger partial charge in [0.15, 0.2) is 0 Å². The van der Waals surface area contributed by atoms with Crippen molar-refractivity contribution in [2.24, 2.45) is 0 Å². The Morgan fingerprint density at radius 2 is 1.76 bits per heavy atom. The van der Waals surface area contributed by atoms with E-state index in [1.165, 1.54) is 54.6 Å². The zero-order valence-electron chi connectivity index (χ0n) is 22.8. The molecule has 0 saturated carbocycles. The number of amides is 1. The summed E-state index contributed by atoms with van der Waals surface area (Å²) in [6.45, 7) is 6.15. The number of aryl methyl sites for hydroxylation is 1. The summed E-state index contributed by atoms with van der Waals surface area (Å²) in [6, 6.07) is 17.9. The van der Waals surface area contributed by atoms with E-state index in [0.717, 1.165) is 9.87 Å². The number of ether oxygens (including phenoxy) is 2. The van der Waals surface area contributed by atoms with Crippen LogP contribution in [0.25, 0.3) is 0 Å². The van der Waals surface area contributed by atoms with Gasteiger partial charge in [-0.1, -0.05) is 23.8 Å². The highest BCUT2D eigenvalue weighted by Gasteiger charge is 2.36. The van der Waals surface area contributed by atoms with Crippen LogP contribution in [-0.4, -0.2) is 47.8 Å². The van der Waals surface area contributed by atoms with E-state index in [0.29, 0.717) is 0 Å². The predicted octanol–water partition coefficient (Wildman–Crippen LogP) is 4.58. The number of sulfonamides is 1. The fourth-order valence-corrected chi connectivity index (χ4v) is 6.40. The van der Waals surface area contributed by atoms with Gasteiger partial charge in [-0.3, -0.25) is 13.8 Å². The van der Waals surface area contributed by atoms with E-state index in [1.807, 2.05) is 13.0 Å². The Morgan fingerprint density at radius 3 is 2.41 bits per heavy atom. The van der Waals surface area contributed by atoms with E-state index >= 15 is 0 Å². The number of anilines is 2. The third kappa shape index (κ3) is 7.15. The molecule has 13 heteroatoms. The third-order valence-electron chi connectivity index (χ3n) is 5.81. The number of nitrogens with one attached hydrogen (secondary N) is 1. The number of benzene rings is 3. The molecule has 1 atom stereocenters. The van der Waals surface area contributed by atoms with Crippen molar-refractivity contribution in [1.82, 2.24) is 0 Å². The van der Waals surface area contributed by atoms with Crippen LogP contribution in [0.4, 0.5) is 16.2 Å². The van der Waals surface area contributed by atoms with Gasteiger partial charge in [0.25, 0.3) is 20.1 Å². The third-order valence-corrected chi connectivity index (χ3v) is 8.88. The number of hydrogen-bond acceptors (Lipinski definition) is 9. The highest BCUT2D eigenvalue weighted by Crippen LogP contribution is 2.39. The first-order chi connectivity index (χ1) is 19.2. The van der Waals surface area contributed by atoms with Crippen LogP contribution in [0.5, 0.6) is 5.75 Å². The Kier molecular flexibility index (Phi) is 8.30. The van der Waals surface area contributed by atoms with Gasteiger partial charge in [0.2, 0.25) is 0 Å². The molecule has 0 aromatic heterocycles. The predicted molar refractivity (Wildman–Crippen MR) is 151 cm³/mol. The molecule has 3 aromatic carbocycles. The number of carbonyl (C=O) groups is 1. The first kappa shape index (κ1) is 29.9. The Labute approximate surface area is 239 Å². The molecule has 0 bridgehead atoms. The smallest absolute Gasteiger partial charge is 0.412 e. The fourth-order valence-electron chi connectivity index (χ4n) is 3.92. The Hall–Kier alpha value is -4.12. The SMILES string of the molecule is Cc1ccc(S(=O)(=O)OC[C@H]2CN(S(=O)(=O)c3cccc(C#N)c3)c3cc(NC(=O)OC(C)(C)C)ccc3O2)cc1. The molecule has 0 saturated heterocycles. The Balaban J connectivity index is 1.67. The summed E-state index contributed by atoms with van der Waals surface area (Å²) in [7, 11) is -8.42. The normalized spacial score (nSPS) is 15.3. The van der Waals surface area contributed by atoms with E-state index in [4.69, 9.17) is 13.7 Å². The number of rotatable bonds is 7. The Morgan fingerprint density at radius 1 is 1.05 bits per heavy atom. The van der Waals surface area contributed by atoms with Crippen molar-refractivity contribution in [3.63, 3.8) is 0 Å². The van der Waals surface area contributed by atoms with Crippen molar-refractivity contribution in [2.75, 3.05) is 22.8 Å². The van der Waals surface area contributed by atoms with E-state index in [1.54, 1.807) is 32.9 Å². The van der Waals surface area contributed by atoms with Gasteiger partial charge in [0, 0.05) is 5.69 Å². The molecule has 1 amide bonds. The highest BCUT2D eigenvalue weighted by molar-refractivity contribution is 7.92. The van der Waals surface area contributed by atoms with Crippen molar-refractivity contribution >= 4 is 37.6 Å². The van der Waals surface area contributed by atoms with Crippen LogP contribution in [0.2, 0.25) is 0 Å². The molecule has 1 aliphatic rings. The second-order valence-electron chi connectivity index (χ2n) is 10.3. The van der Waals surface area contributed by atoms with Gasteiger partial charge >= 0.3 is 6.09 Å². The summed E-state index contributed by atoms with van der Waals surface area (Å²) in [5.74, 6) is 0.118. The summed E-state index contributed by atoms with van der Waals surface area (Å²) in [5.41, 5.74) is 0.596. The molecule has 1 aliphatic heterocycles. The van der Waals surface area contributed by atoms with Gasteiger partial charge in [-0.15, -0.1) is 0 Å². The van der Waals surface area contributed by atoms with Gasteiger partial charge in [-0.05, 0) is 76.2 Å². The van der Waals surface area contributed by atoms with Crippen molar-refractivity contribution < 1.29 is 35.3 Å². The molecule has 0 fully saturated rings. The molecule has 3 aromatic rings. The first-order valence-electron chi connectivity index (χ1n) is 12.5. The van der Waals surface area contributed by atoms with Crippen LogP contribution in [-0.2, 0) is 29.1 Å². The molecule has 1 N–H and O–H groups in total. The lowest BCUT2D eigenvalue weighted by Gasteiger charge is -2.35. The van der Waals surface area contributed by atoms with Crippen molar-refractivity contribution in [3.05, 3.63) is 77.9 Å². The number of nitriles is 1. The molecule has 0 radical (unpaired) electrons. The van der Waals surface area contributed by atoms with Crippen molar-refractivity contribution in [1.29, 1.82) is 5.26 Å². The molecule has 11 nitrogen and oxygen atoms in total. The first-order valence-corrected chi connectivity index (χ1v) is 15.3. The average Bonchev–Trinajstić information content (AvgIpc) is 2.90. The molecule has 1 heterocycles.